The summed E-state index contributed by atoms with van der Waals surface area (Å²) in [5.74, 6) is 1.08. The first-order valence-electron chi connectivity index (χ1n) is 7.88. The van der Waals surface area contributed by atoms with Gasteiger partial charge in [-0.2, -0.15) is 0 Å². The SMILES string of the molecule is CCSc1nnc(NC(=O)c2ccc(OCCOC(C)(C)C)nc2)s1. The molecule has 9 heteroatoms. The van der Waals surface area contributed by atoms with Crippen molar-refractivity contribution >= 4 is 34.1 Å². The normalized spacial score (nSPS) is 11.4. The predicted octanol–water partition coefficient (Wildman–Crippen LogP) is 3.49. The number of carbonyl (C=O) groups excluding carboxylic acids is 1. The molecule has 0 spiro atoms. The van der Waals surface area contributed by atoms with Crippen LogP contribution in [0, 0.1) is 0 Å². The molecule has 0 radical (unpaired) electrons. The van der Waals surface area contributed by atoms with Crippen molar-refractivity contribution in [3.05, 3.63) is 23.9 Å². The Morgan fingerprint density at radius 1 is 1.28 bits per heavy atom. The van der Waals surface area contributed by atoms with Crippen LogP contribution in [0.2, 0.25) is 0 Å². The van der Waals surface area contributed by atoms with Gasteiger partial charge in [0.05, 0.1) is 17.8 Å². The summed E-state index contributed by atoms with van der Waals surface area (Å²) in [5, 5.41) is 11.1. The van der Waals surface area contributed by atoms with Gasteiger partial charge in [-0.05, 0) is 32.6 Å². The number of hydrogen-bond acceptors (Lipinski definition) is 8. The van der Waals surface area contributed by atoms with Crippen LogP contribution in [-0.2, 0) is 4.74 Å². The van der Waals surface area contributed by atoms with E-state index in [0.29, 0.717) is 29.8 Å². The second-order valence-electron chi connectivity index (χ2n) is 5.95. The van der Waals surface area contributed by atoms with Crippen molar-refractivity contribution in [2.75, 3.05) is 24.3 Å². The van der Waals surface area contributed by atoms with Crippen LogP contribution in [0.4, 0.5) is 5.13 Å². The van der Waals surface area contributed by atoms with E-state index in [-0.39, 0.29) is 11.5 Å². The van der Waals surface area contributed by atoms with Crippen LogP contribution in [0.25, 0.3) is 0 Å². The van der Waals surface area contributed by atoms with E-state index in [4.69, 9.17) is 9.47 Å². The molecule has 136 valence electrons. The lowest BCUT2D eigenvalue weighted by atomic mass is 10.2. The van der Waals surface area contributed by atoms with Gasteiger partial charge in [-0.1, -0.05) is 30.0 Å². The van der Waals surface area contributed by atoms with Crippen molar-refractivity contribution in [1.29, 1.82) is 0 Å². The highest BCUT2D eigenvalue weighted by Gasteiger charge is 2.12. The highest BCUT2D eigenvalue weighted by Crippen LogP contribution is 2.25. The molecule has 0 fully saturated rings. The Hall–Kier alpha value is -1.71. The van der Waals surface area contributed by atoms with Crippen molar-refractivity contribution in [2.45, 2.75) is 37.6 Å². The lowest BCUT2D eigenvalue weighted by molar-refractivity contribution is -0.0168. The van der Waals surface area contributed by atoms with Gasteiger partial charge < -0.3 is 9.47 Å². The van der Waals surface area contributed by atoms with Gasteiger partial charge in [-0.15, -0.1) is 10.2 Å². The van der Waals surface area contributed by atoms with Crippen molar-refractivity contribution in [2.24, 2.45) is 0 Å². The lowest BCUT2D eigenvalue weighted by Crippen LogP contribution is -2.22. The summed E-state index contributed by atoms with van der Waals surface area (Å²) in [5.41, 5.74) is 0.233. The maximum Gasteiger partial charge on any atom is 0.259 e. The average Bonchev–Trinajstić information content (AvgIpc) is 2.99. The van der Waals surface area contributed by atoms with Gasteiger partial charge in [-0.25, -0.2) is 4.98 Å². The molecule has 2 aromatic heterocycles. The summed E-state index contributed by atoms with van der Waals surface area (Å²) >= 11 is 2.94. The van der Waals surface area contributed by atoms with E-state index in [1.807, 2.05) is 27.7 Å². The van der Waals surface area contributed by atoms with Crippen LogP contribution >= 0.6 is 23.1 Å². The summed E-state index contributed by atoms with van der Waals surface area (Å²) in [7, 11) is 0. The molecule has 0 aliphatic carbocycles. The highest BCUT2D eigenvalue weighted by atomic mass is 32.2. The Morgan fingerprint density at radius 3 is 2.72 bits per heavy atom. The largest absolute Gasteiger partial charge is 0.475 e. The van der Waals surface area contributed by atoms with E-state index in [0.717, 1.165) is 10.1 Å². The number of thioether (sulfide) groups is 1. The number of aromatic nitrogens is 3. The summed E-state index contributed by atoms with van der Waals surface area (Å²) in [6.07, 6.45) is 1.47. The minimum absolute atomic E-state index is 0.196. The molecule has 0 aliphatic rings. The summed E-state index contributed by atoms with van der Waals surface area (Å²) in [6, 6.07) is 3.31. The molecule has 0 aliphatic heterocycles. The third-order valence-corrected chi connectivity index (χ3v) is 4.62. The topological polar surface area (TPSA) is 86.2 Å². The maximum absolute atomic E-state index is 12.2. The first-order valence-corrected chi connectivity index (χ1v) is 9.68. The smallest absolute Gasteiger partial charge is 0.259 e. The third-order valence-electron chi connectivity index (χ3n) is 2.76. The van der Waals surface area contributed by atoms with Crippen LogP contribution in [0.15, 0.2) is 22.7 Å². The number of carbonyl (C=O) groups is 1. The van der Waals surface area contributed by atoms with Crippen molar-refractivity contribution in [3.63, 3.8) is 0 Å². The van der Waals surface area contributed by atoms with Crippen LogP contribution < -0.4 is 10.1 Å². The number of nitrogens with zero attached hydrogens (tertiary/aromatic N) is 3. The zero-order valence-corrected chi connectivity index (χ0v) is 16.4. The fourth-order valence-corrected chi connectivity index (χ4v) is 3.35. The molecule has 7 nitrogen and oxygen atoms in total. The molecular weight excluding hydrogens is 360 g/mol. The van der Waals surface area contributed by atoms with E-state index in [1.165, 1.54) is 17.5 Å². The number of pyridine rings is 1. The van der Waals surface area contributed by atoms with Gasteiger partial charge in [0.1, 0.15) is 6.61 Å². The standard InChI is InChI=1S/C16H22N4O3S2/c1-5-24-15-20-19-14(25-15)18-13(21)11-6-7-12(17-10-11)22-8-9-23-16(2,3)4/h6-7,10H,5,8-9H2,1-4H3,(H,18,19,21). The number of hydrogen-bond donors (Lipinski definition) is 1. The van der Waals surface area contributed by atoms with E-state index < -0.39 is 0 Å². The number of amides is 1. The summed E-state index contributed by atoms with van der Waals surface area (Å²) < 4.78 is 11.9. The molecule has 0 bridgehead atoms. The molecule has 0 unspecified atom stereocenters. The number of anilines is 1. The van der Waals surface area contributed by atoms with Gasteiger partial charge in [0.15, 0.2) is 4.34 Å². The van der Waals surface area contributed by atoms with Crippen molar-refractivity contribution in [3.8, 4) is 5.88 Å². The number of ether oxygens (including phenoxy) is 2. The van der Waals surface area contributed by atoms with Crippen LogP contribution in [0.3, 0.4) is 0 Å². The number of rotatable bonds is 8. The quantitative estimate of drug-likeness (QED) is 0.425. The Morgan fingerprint density at radius 2 is 2.08 bits per heavy atom. The van der Waals surface area contributed by atoms with E-state index in [1.54, 1.807) is 23.9 Å². The number of nitrogens with one attached hydrogen (secondary N) is 1. The van der Waals surface area contributed by atoms with Gasteiger partial charge in [0, 0.05) is 12.3 Å². The fourth-order valence-electron chi connectivity index (χ4n) is 1.71. The van der Waals surface area contributed by atoms with Crippen molar-refractivity contribution < 1.29 is 14.3 Å². The molecule has 2 rings (SSSR count). The molecule has 2 heterocycles. The Labute approximate surface area is 155 Å². The first kappa shape index (κ1) is 19.6. The van der Waals surface area contributed by atoms with Crippen LogP contribution in [0.1, 0.15) is 38.1 Å². The maximum atomic E-state index is 12.2. The first-order chi connectivity index (χ1) is 11.9. The third kappa shape index (κ3) is 6.97. The molecule has 1 amide bonds. The summed E-state index contributed by atoms with van der Waals surface area (Å²) in [6.45, 7) is 8.87. The van der Waals surface area contributed by atoms with Crippen LogP contribution in [-0.4, -0.2) is 45.7 Å². The molecule has 0 saturated heterocycles. The van der Waals surface area contributed by atoms with Gasteiger partial charge >= 0.3 is 0 Å². The second-order valence-corrected chi connectivity index (χ2v) is 8.44. The zero-order chi connectivity index (χ0) is 18.3. The highest BCUT2D eigenvalue weighted by molar-refractivity contribution is 8.01. The van der Waals surface area contributed by atoms with E-state index in [2.05, 4.69) is 20.5 Å². The molecule has 0 aromatic carbocycles. The van der Waals surface area contributed by atoms with Gasteiger partial charge in [-0.3, -0.25) is 10.1 Å². The Kier molecular flexibility index (Phi) is 7.15. The zero-order valence-electron chi connectivity index (χ0n) is 14.7. The minimum Gasteiger partial charge on any atom is -0.475 e. The monoisotopic (exact) mass is 382 g/mol. The molecule has 0 atom stereocenters. The molecule has 2 aromatic rings. The minimum atomic E-state index is -0.278. The van der Waals surface area contributed by atoms with Crippen molar-refractivity contribution in [1.82, 2.24) is 15.2 Å². The van der Waals surface area contributed by atoms with E-state index in [9.17, 15) is 4.79 Å². The Bertz CT molecular complexity index is 683. The molecule has 0 saturated carbocycles. The molecule has 25 heavy (non-hydrogen) atoms. The predicted molar refractivity (Wildman–Crippen MR) is 99.7 cm³/mol. The Balaban J connectivity index is 1.82. The lowest BCUT2D eigenvalue weighted by Gasteiger charge is -2.19. The van der Waals surface area contributed by atoms with Crippen LogP contribution in [0.5, 0.6) is 5.88 Å². The van der Waals surface area contributed by atoms with Gasteiger partial charge in [0.2, 0.25) is 11.0 Å². The summed E-state index contributed by atoms with van der Waals surface area (Å²) in [4.78, 5) is 16.3. The molecule has 1 N–H and O–H groups in total. The average molecular weight is 383 g/mol. The van der Waals surface area contributed by atoms with Gasteiger partial charge in [0.25, 0.3) is 5.91 Å². The fraction of sp³-hybridized carbons (Fsp3) is 0.500. The second kappa shape index (κ2) is 9.12. The molecular formula is C16H22N4O3S2. The van der Waals surface area contributed by atoms with E-state index >= 15 is 0 Å².